The minimum atomic E-state index is -0.273. The van der Waals surface area contributed by atoms with Crippen molar-refractivity contribution in [2.24, 2.45) is 0 Å². The molecule has 1 saturated heterocycles. The van der Waals surface area contributed by atoms with E-state index >= 15 is 0 Å². The zero-order valence-electron chi connectivity index (χ0n) is 10.7. The fourth-order valence-corrected chi connectivity index (χ4v) is 2.24. The van der Waals surface area contributed by atoms with Crippen LogP contribution >= 0.6 is 0 Å². The Morgan fingerprint density at radius 2 is 2.17 bits per heavy atom. The summed E-state index contributed by atoms with van der Waals surface area (Å²) in [4.78, 5) is 14.1. The maximum Gasteiger partial charge on any atom is 0.161 e. The van der Waals surface area contributed by atoms with Gasteiger partial charge in [-0.3, -0.25) is 9.69 Å². The van der Waals surface area contributed by atoms with Crippen molar-refractivity contribution in [1.82, 2.24) is 4.90 Å². The Morgan fingerprint density at radius 3 is 2.89 bits per heavy atom. The zero-order chi connectivity index (χ0) is 13.0. The van der Waals surface area contributed by atoms with Crippen LogP contribution in [0.4, 0.5) is 4.39 Å². The fraction of sp³-hybridized carbons (Fsp3) is 0.400. The summed E-state index contributed by atoms with van der Waals surface area (Å²) in [6, 6.07) is 6.56. The van der Waals surface area contributed by atoms with Gasteiger partial charge in [0.25, 0.3) is 0 Å². The van der Waals surface area contributed by atoms with Crippen molar-refractivity contribution in [2.45, 2.75) is 19.8 Å². The molecule has 0 radical (unpaired) electrons. The Labute approximate surface area is 107 Å². The van der Waals surface area contributed by atoms with Crippen LogP contribution in [0.2, 0.25) is 0 Å². The van der Waals surface area contributed by atoms with E-state index in [0.717, 1.165) is 25.1 Å². The zero-order valence-corrected chi connectivity index (χ0v) is 10.7. The van der Waals surface area contributed by atoms with Crippen molar-refractivity contribution in [1.29, 1.82) is 0 Å². The van der Waals surface area contributed by atoms with Crippen molar-refractivity contribution < 1.29 is 9.18 Å². The summed E-state index contributed by atoms with van der Waals surface area (Å²) in [6.45, 7) is 4.57. The van der Waals surface area contributed by atoms with Crippen molar-refractivity contribution >= 4 is 11.9 Å². The van der Waals surface area contributed by atoms with Crippen molar-refractivity contribution in [3.05, 3.63) is 41.2 Å². The van der Waals surface area contributed by atoms with Gasteiger partial charge in [-0.2, -0.15) is 0 Å². The standard InChI is InChI=1S/C15H18FNO/c1-2-8-17-9-7-15(18)13(11-17)10-12-5-3-4-6-14(12)16/h3-6,10H,2,7-9,11H2,1H3/b13-10+. The van der Waals surface area contributed by atoms with Crippen LogP contribution in [0, 0.1) is 5.82 Å². The number of Topliss-reactive ketones (excluding diaryl/α,β-unsaturated/α-hetero) is 1. The first-order chi connectivity index (χ1) is 8.70. The Morgan fingerprint density at radius 1 is 1.39 bits per heavy atom. The van der Waals surface area contributed by atoms with E-state index in [1.54, 1.807) is 24.3 Å². The van der Waals surface area contributed by atoms with Gasteiger partial charge < -0.3 is 0 Å². The van der Waals surface area contributed by atoms with Gasteiger partial charge in [-0.1, -0.05) is 25.1 Å². The normalized spacial score (nSPS) is 19.4. The lowest BCUT2D eigenvalue weighted by atomic mass is 10.00. The van der Waals surface area contributed by atoms with Crippen LogP contribution in [0.25, 0.3) is 6.08 Å². The van der Waals surface area contributed by atoms with Crippen molar-refractivity contribution in [2.75, 3.05) is 19.6 Å². The van der Waals surface area contributed by atoms with Crippen LogP contribution in [0.3, 0.4) is 0 Å². The third-order valence-corrected chi connectivity index (χ3v) is 3.18. The average molecular weight is 247 g/mol. The summed E-state index contributed by atoms with van der Waals surface area (Å²) >= 11 is 0. The van der Waals surface area contributed by atoms with E-state index in [0.29, 0.717) is 18.5 Å². The lowest BCUT2D eigenvalue weighted by molar-refractivity contribution is -0.117. The quantitative estimate of drug-likeness (QED) is 0.765. The summed E-state index contributed by atoms with van der Waals surface area (Å²) in [5, 5.41) is 0. The Balaban J connectivity index is 2.19. The first-order valence-electron chi connectivity index (χ1n) is 6.41. The Kier molecular flexibility index (Phi) is 4.26. The molecule has 96 valence electrons. The average Bonchev–Trinajstić information content (AvgIpc) is 2.36. The van der Waals surface area contributed by atoms with Gasteiger partial charge in [0.15, 0.2) is 5.78 Å². The summed E-state index contributed by atoms with van der Waals surface area (Å²) < 4.78 is 13.5. The predicted octanol–water partition coefficient (Wildman–Crippen LogP) is 2.89. The molecule has 1 aromatic rings. The van der Waals surface area contributed by atoms with Gasteiger partial charge in [-0.15, -0.1) is 0 Å². The highest BCUT2D eigenvalue weighted by atomic mass is 19.1. The molecule has 2 nitrogen and oxygen atoms in total. The molecular formula is C15H18FNO. The monoisotopic (exact) mass is 247 g/mol. The molecule has 0 N–H and O–H groups in total. The molecule has 1 aromatic carbocycles. The molecule has 1 heterocycles. The molecule has 1 aliphatic heterocycles. The molecule has 0 unspecified atom stereocenters. The maximum atomic E-state index is 13.5. The molecule has 0 spiro atoms. The summed E-state index contributed by atoms with van der Waals surface area (Å²) in [5.41, 5.74) is 1.22. The van der Waals surface area contributed by atoms with Crippen molar-refractivity contribution in [3.63, 3.8) is 0 Å². The number of halogens is 1. The van der Waals surface area contributed by atoms with E-state index in [-0.39, 0.29) is 11.6 Å². The molecule has 0 amide bonds. The highest BCUT2D eigenvalue weighted by Gasteiger charge is 2.20. The Bertz CT molecular complexity index is 467. The Hall–Kier alpha value is -1.48. The molecule has 0 saturated carbocycles. The summed E-state index contributed by atoms with van der Waals surface area (Å²) in [7, 11) is 0. The lowest BCUT2D eigenvalue weighted by Crippen LogP contribution is -2.36. The second-order valence-corrected chi connectivity index (χ2v) is 4.64. The van der Waals surface area contributed by atoms with Gasteiger partial charge in [-0.05, 0) is 25.1 Å². The van der Waals surface area contributed by atoms with Gasteiger partial charge >= 0.3 is 0 Å². The molecule has 2 rings (SSSR count). The number of likely N-dealkylation sites (tertiary alicyclic amines) is 1. The van der Waals surface area contributed by atoms with Crippen molar-refractivity contribution in [3.8, 4) is 0 Å². The highest BCUT2D eigenvalue weighted by molar-refractivity contribution is 6.00. The fourth-order valence-electron chi connectivity index (χ4n) is 2.24. The molecule has 3 heteroatoms. The van der Waals surface area contributed by atoms with Crippen LogP contribution in [-0.4, -0.2) is 30.3 Å². The number of carbonyl (C=O) groups is 1. The smallest absolute Gasteiger partial charge is 0.161 e. The largest absolute Gasteiger partial charge is 0.299 e. The van der Waals surface area contributed by atoms with Gasteiger partial charge in [-0.25, -0.2) is 4.39 Å². The summed E-state index contributed by atoms with van der Waals surface area (Å²) in [5.74, 6) is -0.129. The third-order valence-electron chi connectivity index (χ3n) is 3.18. The van der Waals surface area contributed by atoms with Gasteiger partial charge in [0, 0.05) is 30.6 Å². The number of piperidine rings is 1. The molecule has 0 aliphatic carbocycles. The van der Waals surface area contributed by atoms with E-state index in [2.05, 4.69) is 11.8 Å². The molecule has 18 heavy (non-hydrogen) atoms. The summed E-state index contributed by atoms with van der Waals surface area (Å²) in [6.07, 6.45) is 3.31. The second-order valence-electron chi connectivity index (χ2n) is 4.64. The lowest BCUT2D eigenvalue weighted by Gasteiger charge is -2.27. The number of hydrogen-bond donors (Lipinski definition) is 0. The first-order valence-corrected chi connectivity index (χ1v) is 6.41. The number of ketones is 1. The molecule has 1 aliphatic rings. The van der Waals surface area contributed by atoms with Crippen LogP contribution in [-0.2, 0) is 4.79 Å². The predicted molar refractivity (Wildman–Crippen MR) is 70.7 cm³/mol. The number of benzene rings is 1. The molecule has 1 fully saturated rings. The van der Waals surface area contributed by atoms with E-state index in [4.69, 9.17) is 0 Å². The van der Waals surface area contributed by atoms with Crippen LogP contribution < -0.4 is 0 Å². The number of nitrogens with zero attached hydrogens (tertiary/aromatic N) is 1. The van der Waals surface area contributed by atoms with E-state index in [1.165, 1.54) is 6.07 Å². The molecule has 0 aromatic heterocycles. The number of carbonyl (C=O) groups excluding carboxylic acids is 1. The van der Waals surface area contributed by atoms with E-state index < -0.39 is 0 Å². The number of rotatable bonds is 3. The minimum absolute atomic E-state index is 0.144. The van der Waals surface area contributed by atoms with Crippen LogP contribution in [0.1, 0.15) is 25.3 Å². The minimum Gasteiger partial charge on any atom is -0.299 e. The third kappa shape index (κ3) is 3.05. The topological polar surface area (TPSA) is 20.3 Å². The van der Waals surface area contributed by atoms with Crippen LogP contribution in [0.15, 0.2) is 29.8 Å². The SMILES string of the molecule is CCCN1CCC(=O)/C(=C/c2ccccc2F)C1. The van der Waals surface area contributed by atoms with Gasteiger partial charge in [0.05, 0.1) is 0 Å². The first kappa shape index (κ1) is 13.0. The maximum absolute atomic E-state index is 13.5. The number of hydrogen-bond acceptors (Lipinski definition) is 2. The molecule has 0 atom stereocenters. The van der Waals surface area contributed by atoms with E-state index in [9.17, 15) is 9.18 Å². The molecule has 0 bridgehead atoms. The van der Waals surface area contributed by atoms with Gasteiger partial charge in [0.2, 0.25) is 0 Å². The highest BCUT2D eigenvalue weighted by Crippen LogP contribution is 2.17. The second kappa shape index (κ2) is 5.91. The van der Waals surface area contributed by atoms with Crippen LogP contribution in [0.5, 0.6) is 0 Å². The van der Waals surface area contributed by atoms with E-state index in [1.807, 2.05) is 0 Å². The molecular weight excluding hydrogens is 229 g/mol. The van der Waals surface area contributed by atoms with Gasteiger partial charge in [0.1, 0.15) is 5.82 Å².